The van der Waals surface area contributed by atoms with E-state index in [1.807, 2.05) is 0 Å². The molecule has 1 amide bonds. The summed E-state index contributed by atoms with van der Waals surface area (Å²) < 4.78 is 13.0. The van der Waals surface area contributed by atoms with Crippen LogP contribution in [0.4, 0.5) is 10.1 Å². The third-order valence-corrected chi connectivity index (χ3v) is 2.95. The van der Waals surface area contributed by atoms with E-state index in [0.717, 1.165) is 0 Å². The van der Waals surface area contributed by atoms with Crippen LogP contribution in [0.15, 0.2) is 36.5 Å². The quantitative estimate of drug-likeness (QED) is 0.852. The largest absolute Gasteiger partial charge is 0.389 e. The van der Waals surface area contributed by atoms with Gasteiger partial charge >= 0.3 is 0 Å². The highest BCUT2D eigenvalue weighted by Gasteiger charge is 2.10. The van der Waals surface area contributed by atoms with E-state index in [4.69, 9.17) is 18.0 Å². The molecular weight excluding hydrogens is 277 g/mol. The molecule has 0 fully saturated rings. The molecule has 20 heavy (non-hydrogen) atoms. The van der Waals surface area contributed by atoms with Gasteiger partial charge in [-0.3, -0.25) is 9.78 Å². The number of thiocarbonyl (C=S) groups is 1. The Balaban J connectivity index is 2.17. The molecule has 2 rings (SSSR count). The summed E-state index contributed by atoms with van der Waals surface area (Å²) in [6.07, 6.45) is 1.44. The number of carbonyl (C=O) groups excluding carboxylic acids is 1. The molecule has 3 N–H and O–H groups in total. The number of amides is 1. The topological polar surface area (TPSA) is 68.0 Å². The fourth-order valence-corrected chi connectivity index (χ4v) is 1.75. The SMILES string of the molecule is Cc1cc(F)ccc1NC(=O)c1ccc(C(N)=S)cn1. The normalized spacial score (nSPS) is 10.1. The number of hydrogen-bond donors (Lipinski definition) is 2. The molecule has 4 nitrogen and oxygen atoms in total. The Kier molecular flexibility index (Phi) is 4.05. The van der Waals surface area contributed by atoms with Crippen molar-refractivity contribution in [2.75, 3.05) is 5.32 Å². The van der Waals surface area contributed by atoms with Crippen LogP contribution >= 0.6 is 12.2 Å². The predicted molar refractivity (Wildman–Crippen MR) is 79.2 cm³/mol. The van der Waals surface area contributed by atoms with Gasteiger partial charge in [0.1, 0.15) is 16.5 Å². The Morgan fingerprint density at radius 1 is 1.35 bits per heavy atom. The van der Waals surface area contributed by atoms with Crippen LogP contribution in [0, 0.1) is 12.7 Å². The summed E-state index contributed by atoms with van der Waals surface area (Å²) in [6.45, 7) is 1.71. The van der Waals surface area contributed by atoms with E-state index in [1.54, 1.807) is 13.0 Å². The molecule has 2 aromatic rings. The molecule has 0 aliphatic rings. The molecule has 0 aliphatic carbocycles. The Morgan fingerprint density at radius 3 is 2.65 bits per heavy atom. The Hall–Kier alpha value is -2.34. The van der Waals surface area contributed by atoms with E-state index in [1.165, 1.54) is 30.5 Å². The van der Waals surface area contributed by atoms with Crippen LogP contribution in [0.1, 0.15) is 21.6 Å². The van der Waals surface area contributed by atoms with Gasteiger partial charge in [-0.2, -0.15) is 0 Å². The third kappa shape index (κ3) is 3.16. The minimum absolute atomic E-state index is 0.221. The van der Waals surface area contributed by atoms with Gasteiger partial charge in [-0.1, -0.05) is 12.2 Å². The number of halogens is 1. The van der Waals surface area contributed by atoms with E-state index in [0.29, 0.717) is 16.8 Å². The number of hydrogen-bond acceptors (Lipinski definition) is 3. The first-order valence-corrected chi connectivity index (χ1v) is 6.21. The Morgan fingerprint density at radius 2 is 2.10 bits per heavy atom. The number of rotatable bonds is 3. The van der Waals surface area contributed by atoms with Crippen LogP contribution < -0.4 is 11.1 Å². The zero-order chi connectivity index (χ0) is 14.7. The maximum absolute atomic E-state index is 13.0. The molecule has 1 aromatic heterocycles. The maximum atomic E-state index is 13.0. The number of nitrogens with one attached hydrogen (secondary N) is 1. The molecule has 6 heteroatoms. The van der Waals surface area contributed by atoms with Gasteiger partial charge in [0.25, 0.3) is 5.91 Å². The van der Waals surface area contributed by atoms with Gasteiger partial charge in [0.2, 0.25) is 0 Å². The van der Waals surface area contributed by atoms with Crippen molar-refractivity contribution in [1.29, 1.82) is 0 Å². The number of aromatic nitrogens is 1. The monoisotopic (exact) mass is 289 g/mol. The van der Waals surface area contributed by atoms with Crippen molar-refractivity contribution in [3.63, 3.8) is 0 Å². The highest BCUT2D eigenvalue weighted by molar-refractivity contribution is 7.80. The van der Waals surface area contributed by atoms with Gasteiger partial charge in [-0.25, -0.2) is 4.39 Å². The molecule has 0 radical (unpaired) electrons. The average molecular weight is 289 g/mol. The van der Waals surface area contributed by atoms with Gasteiger partial charge in [0.05, 0.1) is 0 Å². The van der Waals surface area contributed by atoms with E-state index < -0.39 is 0 Å². The second-order valence-corrected chi connectivity index (χ2v) is 4.65. The summed E-state index contributed by atoms with van der Waals surface area (Å²) in [6, 6.07) is 7.29. The number of pyridine rings is 1. The van der Waals surface area contributed by atoms with Gasteiger partial charge < -0.3 is 11.1 Å². The zero-order valence-electron chi connectivity index (χ0n) is 10.7. The van der Waals surface area contributed by atoms with Gasteiger partial charge in [-0.15, -0.1) is 0 Å². The molecule has 0 aliphatic heterocycles. The van der Waals surface area contributed by atoms with Crippen molar-refractivity contribution in [2.24, 2.45) is 5.73 Å². The third-order valence-electron chi connectivity index (χ3n) is 2.72. The summed E-state index contributed by atoms with van der Waals surface area (Å²) in [7, 11) is 0. The first-order chi connectivity index (χ1) is 9.47. The van der Waals surface area contributed by atoms with E-state index in [2.05, 4.69) is 10.3 Å². The summed E-state index contributed by atoms with van der Waals surface area (Å²) in [5.41, 5.74) is 7.45. The lowest BCUT2D eigenvalue weighted by molar-refractivity contribution is 0.102. The molecule has 0 unspecified atom stereocenters. The number of nitrogens with zero attached hydrogens (tertiary/aromatic N) is 1. The van der Waals surface area contributed by atoms with Crippen LogP contribution in [-0.4, -0.2) is 15.9 Å². The van der Waals surface area contributed by atoms with Gasteiger partial charge in [-0.05, 0) is 42.8 Å². The molecule has 0 bridgehead atoms. The fraction of sp³-hybridized carbons (Fsp3) is 0.0714. The van der Waals surface area contributed by atoms with Crippen LogP contribution in [0.5, 0.6) is 0 Å². The van der Waals surface area contributed by atoms with Crippen molar-refractivity contribution in [3.05, 3.63) is 59.2 Å². The second kappa shape index (κ2) is 5.75. The van der Waals surface area contributed by atoms with Crippen LogP contribution in [0.3, 0.4) is 0 Å². The number of aryl methyl sites for hydroxylation is 1. The number of anilines is 1. The molecule has 0 spiro atoms. The smallest absolute Gasteiger partial charge is 0.274 e. The fourth-order valence-electron chi connectivity index (χ4n) is 1.63. The molecular formula is C14H12FN3OS. The predicted octanol–water partition coefficient (Wildman–Crippen LogP) is 2.42. The van der Waals surface area contributed by atoms with Crippen LogP contribution in [0.25, 0.3) is 0 Å². The van der Waals surface area contributed by atoms with E-state index in [-0.39, 0.29) is 22.4 Å². The zero-order valence-corrected chi connectivity index (χ0v) is 11.5. The average Bonchev–Trinajstić information content (AvgIpc) is 2.42. The second-order valence-electron chi connectivity index (χ2n) is 4.21. The van der Waals surface area contributed by atoms with E-state index >= 15 is 0 Å². The standard InChI is InChI=1S/C14H12FN3OS/c1-8-6-10(15)3-5-11(8)18-14(19)12-4-2-9(7-17-12)13(16)20/h2-7H,1H3,(H2,16,20)(H,18,19). The Bertz CT molecular complexity index is 671. The number of nitrogens with two attached hydrogens (primary N) is 1. The van der Waals surface area contributed by atoms with Gasteiger partial charge in [0, 0.05) is 17.4 Å². The molecule has 1 heterocycles. The van der Waals surface area contributed by atoms with Crippen molar-refractivity contribution in [2.45, 2.75) is 6.92 Å². The van der Waals surface area contributed by atoms with Crippen molar-refractivity contribution >= 4 is 28.8 Å². The van der Waals surface area contributed by atoms with E-state index in [9.17, 15) is 9.18 Å². The highest BCUT2D eigenvalue weighted by atomic mass is 32.1. The minimum Gasteiger partial charge on any atom is -0.389 e. The van der Waals surface area contributed by atoms with Crippen LogP contribution in [0.2, 0.25) is 0 Å². The summed E-state index contributed by atoms with van der Waals surface area (Å²) in [4.78, 5) is 16.2. The van der Waals surface area contributed by atoms with Crippen molar-refractivity contribution < 1.29 is 9.18 Å². The molecule has 102 valence electrons. The first-order valence-electron chi connectivity index (χ1n) is 5.81. The van der Waals surface area contributed by atoms with Crippen LogP contribution in [-0.2, 0) is 0 Å². The lowest BCUT2D eigenvalue weighted by Crippen LogP contribution is -2.16. The lowest BCUT2D eigenvalue weighted by Gasteiger charge is -2.08. The van der Waals surface area contributed by atoms with Crippen molar-refractivity contribution in [1.82, 2.24) is 4.98 Å². The molecule has 0 atom stereocenters. The summed E-state index contributed by atoms with van der Waals surface area (Å²) >= 11 is 4.81. The summed E-state index contributed by atoms with van der Waals surface area (Å²) in [5, 5.41) is 2.67. The van der Waals surface area contributed by atoms with Crippen molar-refractivity contribution in [3.8, 4) is 0 Å². The van der Waals surface area contributed by atoms with Gasteiger partial charge in [0.15, 0.2) is 0 Å². The molecule has 1 aromatic carbocycles. The minimum atomic E-state index is -0.380. The molecule has 0 saturated heterocycles. The number of carbonyl (C=O) groups is 1. The Labute approximate surface area is 120 Å². The maximum Gasteiger partial charge on any atom is 0.274 e. The lowest BCUT2D eigenvalue weighted by atomic mass is 10.2. The summed E-state index contributed by atoms with van der Waals surface area (Å²) in [5.74, 6) is -0.728. The first kappa shape index (κ1) is 14.1. The highest BCUT2D eigenvalue weighted by Crippen LogP contribution is 2.16. The number of benzene rings is 1. The molecule has 0 saturated carbocycles.